The van der Waals surface area contributed by atoms with Crippen LogP contribution in [0.5, 0.6) is 17.2 Å². The lowest BCUT2D eigenvalue weighted by molar-refractivity contribution is -0.115. The standard InChI is InChI=1S/C38H36N4O6S2/c1-23-14-16-25(17-15-23)31-22-49-38(41-31)42-35(43)24(2)50-29-13-9-12-28(20-29)39-37(45)30(40-36(44)26-10-7-6-8-11-26)18-27-19-33(47-4)34(48-5)21-32(27)46-3/h6-22,24H,1-5H3,(H,39,45)(H,40,44)(H,41,42,43)/b30-18+. The number of ether oxygens (including phenoxy) is 3. The van der Waals surface area contributed by atoms with Crippen LogP contribution in [0.3, 0.4) is 0 Å². The van der Waals surface area contributed by atoms with E-state index in [-0.39, 0.29) is 11.6 Å². The summed E-state index contributed by atoms with van der Waals surface area (Å²) < 4.78 is 16.4. The highest BCUT2D eigenvalue weighted by molar-refractivity contribution is 8.00. The predicted octanol–water partition coefficient (Wildman–Crippen LogP) is 7.67. The molecule has 0 spiro atoms. The van der Waals surface area contributed by atoms with E-state index in [1.807, 2.05) is 42.6 Å². The minimum absolute atomic E-state index is 0.0383. The summed E-state index contributed by atoms with van der Waals surface area (Å²) in [5.41, 5.74) is 4.22. The van der Waals surface area contributed by atoms with Crippen LogP contribution in [0, 0.1) is 6.92 Å². The van der Waals surface area contributed by atoms with Gasteiger partial charge in [-0.05, 0) is 56.3 Å². The molecule has 0 aliphatic carbocycles. The number of methoxy groups -OCH3 is 3. The first-order valence-electron chi connectivity index (χ1n) is 15.5. The molecule has 10 nitrogen and oxygen atoms in total. The molecule has 0 bridgehead atoms. The van der Waals surface area contributed by atoms with Crippen molar-refractivity contribution in [1.82, 2.24) is 10.3 Å². The van der Waals surface area contributed by atoms with Crippen LogP contribution in [0.2, 0.25) is 0 Å². The molecule has 1 heterocycles. The first-order valence-corrected chi connectivity index (χ1v) is 17.2. The molecule has 0 radical (unpaired) electrons. The molecule has 5 rings (SSSR count). The average Bonchev–Trinajstić information content (AvgIpc) is 3.60. The number of hydrogen-bond donors (Lipinski definition) is 3. The van der Waals surface area contributed by atoms with Gasteiger partial charge in [0.05, 0.1) is 32.3 Å². The third kappa shape index (κ3) is 9.10. The van der Waals surface area contributed by atoms with E-state index in [0.717, 1.165) is 21.7 Å². The van der Waals surface area contributed by atoms with E-state index in [0.29, 0.717) is 39.2 Å². The summed E-state index contributed by atoms with van der Waals surface area (Å²) in [7, 11) is 4.50. The van der Waals surface area contributed by atoms with Crippen LogP contribution in [-0.4, -0.2) is 49.3 Å². The average molecular weight is 709 g/mol. The number of aromatic nitrogens is 1. The number of hydrogen-bond acceptors (Lipinski definition) is 9. The molecule has 0 fully saturated rings. The van der Waals surface area contributed by atoms with Crippen molar-refractivity contribution in [2.24, 2.45) is 0 Å². The third-order valence-electron chi connectivity index (χ3n) is 7.42. The van der Waals surface area contributed by atoms with Crippen LogP contribution in [0.4, 0.5) is 10.8 Å². The second-order valence-corrected chi connectivity index (χ2v) is 13.2. The van der Waals surface area contributed by atoms with Crippen LogP contribution < -0.4 is 30.2 Å². The molecule has 12 heteroatoms. The first-order chi connectivity index (χ1) is 24.2. The molecule has 3 amide bonds. The predicted molar refractivity (Wildman–Crippen MR) is 199 cm³/mol. The topological polar surface area (TPSA) is 128 Å². The Bertz CT molecular complexity index is 2010. The summed E-state index contributed by atoms with van der Waals surface area (Å²) in [5, 5.41) is 10.5. The maximum atomic E-state index is 13.8. The fraction of sp³-hybridized carbons (Fsp3) is 0.158. The quantitative estimate of drug-likeness (QED) is 0.0840. The van der Waals surface area contributed by atoms with E-state index in [2.05, 4.69) is 20.9 Å². The number of rotatable bonds is 13. The minimum atomic E-state index is -0.577. The van der Waals surface area contributed by atoms with Crippen molar-refractivity contribution < 1.29 is 28.6 Å². The van der Waals surface area contributed by atoms with Crippen molar-refractivity contribution in [2.45, 2.75) is 24.0 Å². The molecule has 1 atom stereocenters. The van der Waals surface area contributed by atoms with E-state index >= 15 is 0 Å². The maximum Gasteiger partial charge on any atom is 0.272 e. The van der Waals surface area contributed by atoms with E-state index in [1.54, 1.807) is 67.6 Å². The van der Waals surface area contributed by atoms with Gasteiger partial charge in [-0.25, -0.2) is 4.98 Å². The van der Waals surface area contributed by atoms with Gasteiger partial charge < -0.3 is 30.2 Å². The minimum Gasteiger partial charge on any atom is -0.496 e. The zero-order valence-electron chi connectivity index (χ0n) is 28.1. The summed E-state index contributed by atoms with van der Waals surface area (Å²) in [6, 6.07) is 27.0. The van der Waals surface area contributed by atoms with Crippen LogP contribution in [0.1, 0.15) is 28.4 Å². The molecule has 1 aromatic heterocycles. The normalized spacial score (nSPS) is 11.7. The molecule has 0 saturated heterocycles. The Labute approximate surface area is 298 Å². The van der Waals surface area contributed by atoms with Gasteiger partial charge >= 0.3 is 0 Å². The molecule has 1 unspecified atom stereocenters. The zero-order valence-corrected chi connectivity index (χ0v) is 29.7. The fourth-order valence-corrected chi connectivity index (χ4v) is 6.41. The molecule has 50 heavy (non-hydrogen) atoms. The fourth-order valence-electron chi connectivity index (χ4n) is 4.76. The van der Waals surface area contributed by atoms with Gasteiger partial charge in [-0.2, -0.15) is 0 Å². The van der Waals surface area contributed by atoms with Crippen molar-refractivity contribution in [3.8, 4) is 28.5 Å². The van der Waals surface area contributed by atoms with Crippen molar-refractivity contribution in [3.63, 3.8) is 0 Å². The van der Waals surface area contributed by atoms with Gasteiger partial charge in [-0.15, -0.1) is 23.1 Å². The van der Waals surface area contributed by atoms with Gasteiger partial charge in [-0.3, -0.25) is 14.4 Å². The summed E-state index contributed by atoms with van der Waals surface area (Å²) in [6.45, 7) is 3.83. The Balaban J connectivity index is 1.32. The second-order valence-electron chi connectivity index (χ2n) is 11.0. The molecular formula is C38H36N4O6S2. The number of nitrogens with one attached hydrogen (secondary N) is 3. The van der Waals surface area contributed by atoms with Crippen LogP contribution in [0.25, 0.3) is 17.3 Å². The van der Waals surface area contributed by atoms with Crippen LogP contribution in [-0.2, 0) is 9.59 Å². The van der Waals surface area contributed by atoms with Gasteiger partial charge in [0.25, 0.3) is 11.8 Å². The number of benzene rings is 4. The van der Waals surface area contributed by atoms with E-state index in [1.165, 1.54) is 50.5 Å². The highest BCUT2D eigenvalue weighted by atomic mass is 32.2. The summed E-state index contributed by atoms with van der Waals surface area (Å²) in [5.74, 6) is 0.00695. The highest BCUT2D eigenvalue weighted by Crippen LogP contribution is 2.36. The second kappa shape index (κ2) is 16.7. The number of thiazole rings is 1. The smallest absolute Gasteiger partial charge is 0.272 e. The Morgan fingerprint density at radius 3 is 2.22 bits per heavy atom. The molecular weight excluding hydrogens is 673 g/mol. The Hall–Kier alpha value is -5.59. The van der Waals surface area contributed by atoms with Gasteiger partial charge in [0.1, 0.15) is 11.4 Å². The SMILES string of the molecule is COc1cc(OC)c(OC)cc1/C=C(/NC(=O)c1ccccc1)C(=O)Nc1cccc(SC(C)C(=O)Nc2nc(-c3ccc(C)cc3)cs2)c1. The zero-order chi connectivity index (χ0) is 35.6. The molecule has 5 aromatic rings. The highest BCUT2D eigenvalue weighted by Gasteiger charge is 2.20. The molecule has 4 aromatic carbocycles. The Morgan fingerprint density at radius 2 is 1.52 bits per heavy atom. The number of anilines is 2. The number of carbonyl (C=O) groups is 3. The summed E-state index contributed by atoms with van der Waals surface area (Å²) >= 11 is 2.70. The number of thioether (sulfide) groups is 1. The Kier molecular flexibility index (Phi) is 11.9. The van der Waals surface area contributed by atoms with E-state index < -0.39 is 17.1 Å². The van der Waals surface area contributed by atoms with Gasteiger partial charge in [0, 0.05) is 38.7 Å². The largest absolute Gasteiger partial charge is 0.496 e. The third-order valence-corrected chi connectivity index (χ3v) is 9.27. The number of nitrogens with zero attached hydrogens (tertiary/aromatic N) is 1. The molecule has 0 aliphatic rings. The van der Waals surface area contributed by atoms with Crippen molar-refractivity contribution in [1.29, 1.82) is 0 Å². The van der Waals surface area contributed by atoms with E-state index in [4.69, 9.17) is 14.2 Å². The molecule has 256 valence electrons. The van der Waals surface area contributed by atoms with Gasteiger partial charge in [0.2, 0.25) is 5.91 Å². The lowest BCUT2D eigenvalue weighted by atomic mass is 10.1. The summed E-state index contributed by atoms with van der Waals surface area (Å²) in [4.78, 5) is 45.4. The molecule has 0 saturated carbocycles. The van der Waals surface area contributed by atoms with Crippen molar-refractivity contribution in [3.05, 3.63) is 119 Å². The van der Waals surface area contributed by atoms with Crippen LogP contribution in [0.15, 0.2) is 107 Å². The van der Waals surface area contributed by atoms with Gasteiger partial charge in [0.15, 0.2) is 16.6 Å². The number of aryl methyl sites for hydroxylation is 1. The Morgan fingerprint density at radius 1 is 0.820 bits per heavy atom. The number of amides is 3. The van der Waals surface area contributed by atoms with Crippen molar-refractivity contribution >= 4 is 57.7 Å². The summed E-state index contributed by atoms with van der Waals surface area (Å²) in [6.07, 6.45) is 1.50. The first kappa shape index (κ1) is 35.7. The molecule has 0 aliphatic heterocycles. The molecule has 3 N–H and O–H groups in total. The van der Waals surface area contributed by atoms with Crippen molar-refractivity contribution in [2.75, 3.05) is 32.0 Å². The van der Waals surface area contributed by atoms with E-state index in [9.17, 15) is 14.4 Å². The monoisotopic (exact) mass is 708 g/mol. The van der Waals surface area contributed by atoms with Gasteiger partial charge in [-0.1, -0.05) is 54.1 Å². The van der Waals surface area contributed by atoms with Crippen LogP contribution >= 0.6 is 23.1 Å². The number of carbonyl (C=O) groups excluding carboxylic acids is 3. The lowest BCUT2D eigenvalue weighted by Crippen LogP contribution is -2.30. The maximum absolute atomic E-state index is 13.8. The lowest BCUT2D eigenvalue weighted by Gasteiger charge is -2.15.